The van der Waals surface area contributed by atoms with Crippen LogP contribution < -0.4 is 15.4 Å². The molecular formula is C25H29N5O2. The number of hydrogen-bond donors (Lipinski definition) is 2. The molecule has 1 aromatic heterocycles. The summed E-state index contributed by atoms with van der Waals surface area (Å²) in [7, 11) is 0. The normalized spacial score (nSPS) is 22.4. The van der Waals surface area contributed by atoms with Gasteiger partial charge in [-0.3, -0.25) is 4.90 Å². The van der Waals surface area contributed by atoms with Crippen LogP contribution in [0.5, 0.6) is 11.8 Å². The lowest BCUT2D eigenvalue weighted by Gasteiger charge is -2.31. The fraction of sp³-hybridized carbons (Fsp3) is 0.440. The topological polar surface area (TPSA) is 87.7 Å². The second kappa shape index (κ2) is 7.81. The van der Waals surface area contributed by atoms with Crippen molar-refractivity contribution in [2.45, 2.75) is 38.3 Å². The highest BCUT2D eigenvalue weighted by Gasteiger charge is 2.37. The summed E-state index contributed by atoms with van der Waals surface area (Å²) >= 11 is 0. The van der Waals surface area contributed by atoms with Crippen LogP contribution in [0, 0.1) is 5.92 Å². The van der Waals surface area contributed by atoms with Gasteiger partial charge in [0, 0.05) is 48.4 Å². The molecule has 2 aromatic carbocycles. The van der Waals surface area contributed by atoms with Gasteiger partial charge in [0.2, 0.25) is 0 Å². The molecule has 1 aliphatic carbocycles. The Bertz CT molecular complexity index is 1170. The van der Waals surface area contributed by atoms with Crippen molar-refractivity contribution >= 4 is 22.3 Å². The molecular weight excluding hydrogens is 402 g/mol. The van der Waals surface area contributed by atoms with E-state index in [-0.39, 0.29) is 5.75 Å². The van der Waals surface area contributed by atoms with Gasteiger partial charge < -0.3 is 20.5 Å². The van der Waals surface area contributed by atoms with Gasteiger partial charge in [-0.15, -0.1) is 0 Å². The van der Waals surface area contributed by atoms with Crippen LogP contribution >= 0.6 is 0 Å². The van der Waals surface area contributed by atoms with Crippen LogP contribution in [0.2, 0.25) is 0 Å². The molecule has 7 heteroatoms. The Kier molecular flexibility index (Phi) is 4.79. The number of nitrogens with zero attached hydrogens (tertiary/aromatic N) is 4. The molecule has 0 radical (unpaired) electrons. The molecule has 0 spiro atoms. The van der Waals surface area contributed by atoms with Gasteiger partial charge in [-0.05, 0) is 43.1 Å². The number of anilines is 2. The molecule has 2 atom stereocenters. The first-order valence-corrected chi connectivity index (χ1v) is 11.6. The summed E-state index contributed by atoms with van der Waals surface area (Å²) in [4.78, 5) is 14.0. The second-order valence-corrected chi connectivity index (χ2v) is 9.35. The molecule has 3 aliphatic rings. The summed E-state index contributed by atoms with van der Waals surface area (Å²) in [6, 6.07) is 12.9. The zero-order chi connectivity index (χ0) is 21.7. The van der Waals surface area contributed by atoms with Gasteiger partial charge in [-0.2, -0.15) is 9.97 Å². The summed E-state index contributed by atoms with van der Waals surface area (Å²) in [5, 5.41) is 12.4. The van der Waals surface area contributed by atoms with Crippen LogP contribution in [0.15, 0.2) is 36.4 Å². The van der Waals surface area contributed by atoms with Crippen LogP contribution in [0.4, 0.5) is 11.5 Å². The highest BCUT2D eigenvalue weighted by molar-refractivity contribution is 5.95. The van der Waals surface area contributed by atoms with Crippen molar-refractivity contribution in [1.82, 2.24) is 14.9 Å². The lowest BCUT2D eigenvalue weighted by Crippen LogP contribution is -2.35. The fourth-order valence-electron chi connectivity index (χ4n) is 5.80. The Labute approximate surface area is 187 Å². The van der Waals surface area contributed by atoms with E-state index in [1.165, 1.54) is 25.8 Å². The Hall–Kier alpha value is -3.06. The second-order valence-electron chi connectivity index (χ2n) is 9.35. The van der Waals surface area contributed by atoms with Gasteiger partial charge >= 0.3 is 6.01 Å². The maximum absolute atomic E-state index is 10.3. The number of phenols is 1. The van der Waals surface area contributed by atoms with Crippen LogP contribution in [-0.2, 0) is 13.0 Å². The monoisotopic (exact) mass is 431 g/mol. The first-order chi connectivity index (χ1) is 15.6. The van der Waals surface area contributed by atoms with Crippen LogP contribution in [-0.4, -0.2) is 52.3 Å². The number of nitrogens with two attached hydrogens (primary N) is 1. The van der Waals surface area contributed by atoms with E-state index in [9.17, 15) is 5.11 Å². The number of rotatable bonds is 5. The number of aromatic hydroxyl groups is 1. The van der Waals surface area contributed by atoms with Crippen molar-refractivity contribution in [1.29, 1.82) is 0 Å². The lowest BCUT2D eigenvalue weighted by atomic mass is 10.0. The number of likely N-dealkylation sites (tertiary alicyclic amines) is 1. The molecule has 3 N–H and O–H groups in total. The van der Waals surface area contributed by atoms with E-state index in [4.69, 9.17) is 15.5 Å². The standard InChI is InChI=1S/C25H29N5O2/c26-24-21-7-8-30(23-13-19(31)12-17-3-1-2-4-20(17)23)15-22(21)27-25(28-24)32-10-9-29-14-16-5-6-18(29)11-16/h1-4,12-13,16,18,31H,5-11,14-15H2,(H2,26,27,28). The van der Waals surface area contributed by atoms with E-state index in [1.54, 1.807) is 6.07 Å². The van der Waals surface area contributed by atoms with E-state index in [0.717, 1.165) is 59.2 Å². The molecule has 1 saturated carbocycles. The molecule has 3 aromatic rings. The summed E-state index contributed by atoms with van der Waals surface area (Å²) < 4.78 is 5.95. The number of ether oxygens (including phenoxy) is 1. The molecule has 32 heavy (non-hydrogen) atoms. The summed E-state index contributed by atoms with van der Waals surface area (Å²) in [6.45, 7) is 4.12. The third kappa shape index (κ3) is 3.50. The molecule has 2 bridgehead atoms. The average molecular weight is 432 g/mol. The third-order valence-corrected chi connectivity index (χ3v) is 7.37. The van der Waals surface area contributed by atoms with Crippen molar-refractivity contribution in [3.63, 3.8) is 0 Å². The predicted octanol–water partition coefficient (Wildman–Crippen LogP) is 3.34. The van der Waals surface area contributed by atoms with Gasteiger partial charge in [0.15, 0.2) is 0 Å². The number of piperidine rings is 1. The summed E-state index contributed by atoms with van der Waals surface area (Å²) in [5.41, 5.74) is 9.21. The number of benzene rings is 2. The minimum atomic E-state index is 0.270. The van der Waals surface area contributed by atoms with Gasteiger partial charge in [0.1, 0.15) is 18.2 Å². The lowest BCUT2D eigenvalue weighted by molar-refractivity contribution is 0.166. The van der Waals surface area contributed by atoms with Crippen LogP contribution in [0.25, 0.3) is 10.8 Å². The van der Waals surface area contributed by atoms with E-state index in [2.05, 4.69) is 20.9 Å². The third-order valence-electron chi connectivity index (χ3n) is 7.37. The minimum absolute atomic E-state index is 0.270. The van der Waals surface area contributed by atoms with E-state index in [1.807, 2.05) is 24.3 Å². The Morgan fingerprint density at radius 1 is 1.16 bits per heavy atom. The van der Waals surface area contributed by atoms with Crippen molar-refractivity contribution in [3.05, 3.63) is 47.7 Å². The zero-order valence-electron chi connectivity index (χ0n) is 18.2. The fourth-order valence-corrected chi connectivity index (χ4v) is 5.80. The quantitative estimate of drug-likeness (QED) is 0.641. The maximum Gasteiger partial charge on any atom is 0.318 e. The smallest absolute Gasteiger partial charge is 0.318 e. The molecule has 3 heterocycles. The van der Waals surface area contributed by atoms with E-state index < -0.39 is 0 Å². The molecule has 0 amide bonds. The molecule has 6 rings (SSSR count). The molecule has 2 aliphatic heterocycles. The van der Waals surface area contributed by atoms with Crippen molar-refractivity contribution in [2.75, 3.05) is 36.9 Å². The van der Waals surface area contributed by atoms with Crippen LogP contribution in [0.1, 0.15) is 30.5 Å². The first kappa shape index (κ1) is 19.6. The largest absolute Gasteiger partial charge is 0.508 e. The average Bonchev–Trinajstić information content (AvgIpc) is 3.42. The summed E-state index contributed by atoms with van der Waals surface area (Å²) in [5.74, 6) is 1.67. The van der Waals surface area contributed by atoms with Gasteiger partial charge in [0.05, 0.1) is 12.2 Å². The molecule has 1 saturated heterocycles. The van der Waals surface area contributed by atoms with Crippen molar-refractivity contribution in [2.24, 2.45) is 5.92 Å². The number of phenolic OH excluding ortho intramolecular Hbond substituents is 1. The van der Waals surface area contributed by atoms with E-state index >= 15 is 0 Å². The highest BCUT2D eigenvalue weighted by atomic mass is 16.5. The van der Waals surface area contributed by atoms with Gasteiger partial charge in [0.25, 0.3) is 0 Å². The minimum Gasteiger partial charge on any atom is -0.508 e. The SMILES string of the molecule is Nc1nc(OCCN2CC3CCC2C3)nc2c1CCN(c1cc(O)cc3ccccc13)C2. The molecule has 2 fully saturated rings. The number of hydrogen-bond acceptors (Lipinski definition) is 7. The van der Waals surface area contributed by atoms with Crippen LogP contribution in [0.3, 0.4) is 0 Å². The summed E-state index contributed by atoms with van der Waals surface area (Å²) in [6.07, 6.45) is 4.83. The van der Waals surface area contributed by atoms with Crippen molar-refractivity contribution < 1.29 is 9.84 Å². The number of aromatic nitrogens is 2. The van der Waals surface area contributed by atoms with Gasteiger partial charge in [-0.1, -0.05) is 24.3 Å². The molecule has 7 nitrogen and oxygen atoms in total. The Balaban J connectivity index is 1.20. The Morgan fingerprint density at radius 3 is 2.91 bits per heavy atom. The molecule has 166 valence electrons. The maximum atomic E-state index is 10.3. The number of fused-ring (bicyclic) bond motifs is 4. The Morgan fingerprint density at radius 2 is 2.06 bits per heavy atom. The highest BCUT2D eigenvalue weighted by Crippen LogP contribution is 2.37. The predicted molar refractivity (Wildman–Crippen MR) is 125 cm³/mol. The number of nitrogen functional groups attached to an aromatic ring is 1. The molecule has 2 unspecified atom stereocenters. The van der Waals surface area contributed by atoms with Crippen molar-refractivity contribution in [3.8, 4) is 11.8 Å². The zero-order valence-corrected chi connectivity index (χ0v) is 18.2. The van der Waals surface area contributed by atoms with Gasteiger partial charge in [-0.25, -0.2) is 0 Å². The van der Waals surface area contributed by atoms with E-state index in [0.29, 0.717) is 25.0 Å². The first-order valence-electron chi connectivity index (χ1n) is 11.6.